The summed E-state index contributed by atoms with van der Waals surface area (Å²) >= 11 is 0. The van der Waals surface area contributed by atoms with Crippen LogP contribution >= 0.6 is 0 Å². The average molecular weight is 271 g/mol. The van der Waals surface area contributed by atoms with Crippen LogP contribution in [0.1, 0.15) is 19.2 Å². The predicted molar refractivity (Wildman–Crippen MR) is 54.2 cm³/mol. The fourth-order valence-corrected chi connectivity index (χ4v) is 1.55. The van der Waals surface area contributed by atoms with E-state index in [0.717, 1.165) is 6.07 Å². The minimum absolute atomic E-state index is 0. The SMILES string of the molecule is CC(c1cccc([N+](=O)[O-])c1)S(=O)(=O)O.[H-].[K+]. The first kappa shape index (κ1) is 16.2. The molecule has 0 aliphatic rings. The number of nitro groups is 1. The molecule has 0 spiro atoms. The molecule has 0 fully saturated rings. The van der Waals surface area contributed by atoms with Crippen LogP contribution < -0.4 is 51.4 Å². The summed E-state index contributed by atoms with van der Waals surface area (Å²) in [6, 6.07) is 5.15. The molecule has 0 heterocycles. The summed E-state index contributed by atoms with van der Waals surface area (Å²) in [5.41, 5.74) is -0.0188. The number of benzene rings is 1. The van der Waals surface area contributed by atoms with Gasteiger partial charge in [0.25, 0.3) is 15.8 Å². The zero-order valence-corrected chi connectivity index (χ0v) is 12.8. The normalized spacial score (nSPS) is 12.6. The molecule has 1 unspecified atom stereocenters. The van der Waals surface area contributed by atoms with Crippen molar-refractivity contribution < 1.29 is 70.7 Å². The van der Waals surface area contributed by atoms with Gasteiger partial charge in [0.1, 0.15) is 5.25 Å². The Morgan fingerprint density at radius 2 is 2.06 bits per heavy atom. The van der Waals surface area contributed by atoms with E-state index in [4.69, 9.17) is 4.55 Å². The number of nitrogens with zero attached hydrogens (tertiary/aromatic N) is 1. The van der Waals surface area contributed by atoms with Gasteiger partial charge in [0.05, 0.1) is 4.92 Å². The maximum absolute atomic E-state index is 10.8. The van der Waals surface area contributed by atoms with Crippen molar-refractivity contribution in [3.63, 3.8) is 0 Å². The molecule has 0 saturated heterocycles. The molecule has 1 atom stereocenters. The Kier molecular flexibility index (Phi) is 6.26. The Morgan fingerprint density at radius 1 is 1.50 bits per heavy atom. The molecule has 0 radical (unpaired) electrons. The zero-order valence-electron chi connectivity index (χ0n) is 9.82. The second kappa shape index (κ2) is 6.19. The first-order valence-electron chi connectivity index (χ1n) is 4.03. The molecule has 8 heteroatoms. The number of hydrogen-bond acceptors (Lipinski definition) is 4. The van der Waals surface area contributed by atoms with Gasteiger partial charge in [0.15, 0.2) is 0 Å². The van der Waals surface area contributed by atoms with Crippen LogP contribution in [0.15, 0.2) is 24.3 Å². The van der Waals surface area contributed by atoms with E-state index in [-0.39, 0.29) is 64.1 Å². The van der Waals surface area contributed by atoms with Gasteiger partial charge in [-0.2, -0.15) is 8.42 Å². The first-order valence-corrected chi connectivity index (χ1v) is 5.53. The molecule has 0 bridgehead atoms. The summed E-state index contributed by atoms with van der Waals surface area (Å²) in [5, 5.41) is 9.25. The molecular formula is C8H10KNO5S. The zero-order chi connectivity index (χ0) is 11.6. The number of rotatable bonds is 3. The summed E-state index contributed by atoms with van der Waals surface area (Å²) in [5.74, 6) is 0. The van der Waals surface area contributed by atoms with Crippen LogP contribution in [0, 0.1) is 10.1 Å². The van der Waals surface area contributed by atoms with E-state index >= 15 is 0 Å². The first-order chi connectivity index (χ1) is 6.82. The van der Waals surface area contributed by atoms with Crippen LogP contribution in [0.5, 0.6) is 0 Å². The maximum atomic E-state index is 10.8. The van der Waals surface area contributed by atoms with Crippen LogP contribution in [0.2, 0.25) is 0 Å². The standard InChI is InChI=1S/C8H9NO5S.K.H/c1-6(15(12,13)14)7-3-2-4-8(5-7)9(10)11;;/h2-6H,1H3,(H,12,13,14);;/q;+1;-1. The topological polar surface area (TPSA) is 97.5 Å². The molecule has 16 heavy (non-hydrogen) atoms. The van der Waals surface area contributed by atoms with Crippen molar-refractivity contribution in [3.05, 3.63) is 39.9 Å². The van der Waals surface area contributed by atoms with Gasteiger partial charge in [-0.1, -0.05) is 12.1 Å². The third-order valence-corrected chi connectivity index (χ3v) is 3.16. The molecule has 0 aromatic heterocycles. The van der Waals surface area contributed by atoms with Crippen molar-refractivity contribution in [3.8, 4) is 0 Å². The predicted octanol–water partition coefficient (Wildman–Crippen LogP) is -1.34. The fraction of sp³-hybridized carbons (Fsp3) is 0.250. The third-order valence-electron chi connectivity index (χ3n) is 2.00. The Labute approximate surface area is 137 Å². The summed E-state index contributed by atoms with van der Waals surface area (Å²) in [4.78, 5) is 9.79. The van der Waals surface area contributed by atoms with Gasteiger partial charge < -0.3 is 1.43 Å². The summed E-state index contributed by atoms with van der Waals surface area (Å²) in [6.45, 7) is 1.26. The van der Waals surface area contributed by atoms with E-state index in [1.807, 2.05) is 0 Å². The van der Waals surface area contributed by atoms with Gasteiger partial charge in [0.2, 0.25) is 0 Å². The molecule has 6 nitrogen and oxygen atoms in total. The quantitative estimate of drug-likeness (QED) is 0.317. The summed E-state index contributed by atoms with van der Waals surface area (Å²) < 4.78 is 30.4. The Balaban J connectivity index is 0. The molecule has 1 aromatic carbocycles. The van der Waals surface area contributed by atoms with Crippen LogP contribution in [-0.4, -0.2) is 17.9 Å². The molecule has 84 valence electrons. The summed E-state index contributed by atoms with van der Waals surface area (Å²) in [6.07, 6.45) is 0. The fourth-order valence-electron chi connectivity index (χ4n) is 1.06. The minimum atomic E-state index is -4.22. The van der Waals surface area contributed by atoms with Crippen molar-refractivity contribution in [1.29, 1.82) is 0 Å². The molecule has 0 amide bonds. The Bertz CT molecular complexity index is 492. The van der Waals surface area contributed by atoms with E-state index < -0.39 is 20.3 Å². The molecule has 0 aliphatic carbocycles. The van der Waals surface area contributed by atoms with Gasteiger partial charge in [-0.3, -0.25) is 14.7 Å². The van der Waals surface area contributed by atoms with E-state index in [0.29, 0.717) is 0 Å². The second-order valence-electron chi connectivity index (χ2n) is 3.01. The molecule has 1 rings (SSSR count). The molecule has 1 N–H and O–H groups in total. The number of hydrogen-bond donors (Lipinski definition) is 1. The van der Waals surface area contributed by atoms with Crippen LogP contribution in [0.3, 0.4) is 0 Å². The third kappa shape index (κ3) is 4.21. The Morgan fingerprint density at radius 3 is 2.50 bits per heavy atom. The molecule has 0 aliphatic heterocycles. The van der Waals surface area contributed by atoms with Gasteiger partial charge in [-0.05, 0) is 12.5 Å². The van der Waals surface area contributed by atoms with Crippen molar-refractivity contribution in [2.24, 2.45) is 0 Å². The van der Waals surface area contributed by atoms with E-state index in [2.05, 4.69) is 0 Å². The van der Waals surface area contributed by atoms with Crippen molar-refractivity contribution in [2.75, 3.05) is 0 Å². The van der Waals surface area contributed by atoms with Crippen LogP contribution in [-0.2, 0) is 10.1 Å². The Hall–Kier alpha value is 0.166. The van der Waals surface area contributed by atoms with Crippen LogP contribution in [0.4, 0.5) is 5.69 Å². The number of nitro benzene ring substituents is 1. The molecular weight excluding hydrogens is 261 g/mol. The average Bonchev–Trinajstić information content (AvgIpc) is 2.15. The largest absolute Gasteiger partial charge is 1.00 e. The monoisotopic (exact) mass is 271 g/mol. The van der Waals surface area contributed by atoms with E-state index in [1.165, 1.54) is 25.1 Å². The summed E-state index contributed by atoms with van der Waals surface area (Å²) in [7, 11) is -4.22. The van der Waals surface area contributed by atoms with E-state index in [9.17, 15) is 18.5 Å². The molecule has 0 saturated carbocycles. The van der Waals surface area contributed by atoms with E-state index in [1.54, 1.807) is 0 Å². The maximum Gasteiger partial charge on any atom is 1.00 e. The second-order valence-corrected chi connectivity index (χ2v) is 4.75. The van der Waals surface area contributed by atoms with Gasteiger partial charge >= 0.3 is 51.4 Å². The van der Waals surface area contributed by atoms with Crippen molar-refractivity contribution >= 4 is 15.8 Å². The minimum Gasteiger partial charge on any atom is -1.00 e. The smallest absolute Gasteiger partial charge is 1.00 e. The number of non-ortho nitro benzene ring substituents is 1. The van der Waals surface area contributed by atoms with Crippen molar-refractivity contribution in [1.82, 2.24) is 0 Å². The van der Waals surface area contributed by atoms with Gasteiger partial charge in [-0.15, -0.1) is 0 Å². The van der Waals surface area contributed by atoms with Crippen molar-refractivity contribution in [2.45, 2.75) is 12.2 Å². The van der Waals surface area contributed by atoms with Gasteiger partial charge in [-0.25, -0.2) is 0 Å². The van der Waals surface area contributed by atoms with Crippen LogP contribution in [0.25, 0.3) is 0 Å². The van der Waals surface area contributed by atoms with Gasteiger partial charge in [0, 0.05) is 12.1 Å². The molecule has 1 aromatic rings.